The van der Waals surface area contributed by atoms with Crippen LogP contribution in [0.4, 0.5) is 0 Å². The van der Waals surface area contributed by atoms with Gasteiger partial charge in [0.15, 0.2) is 0 Å². The Morgan fingerprint density at radius 1 is 1.30 bits per heavy atom. The first-order chi connectivity index (χ1) is 9.43. The molecule has 0 fully saturated rings. The molecular formula is C14H17NO4S. The monoisotopic (exact) mass is 295 g/mol. The molecule has 20 heavy (non-hydrogen) atoms. The molecule has 108 valence electrons. The van der Waals surface area contributed by atoms with E-state index in [1.54, 1.807) is 25.1 Å². The van der Waals surface area contributed by atoms with Crippen LogP contribution in [0.3, 0.4) is 0 Å². The highest BCUT2D eigenvalue weighted by Crippen LogP contribution is 2.18. The summed E-state index contributed by atoms with van der Waals surface area (Å²) in [4.78, 5) is 10.9. The number of sulfone groups is 1. The molecule has 0 bridgehead atoms. The van der Waals surface area contributed by atoms with E-state index in [2.05, 4.69) is 0 Å². The lowest BCUT2D eigenvalue weighted by Gasteiger charge is -2.06. The van der Waals surface area contributed by atoms with Crippen molar-refractivity contribution in [2.24, 2.45) is 0 Å². The van der Waals surface area contributed by atoms with Gasteiger partial charge in [-0.15, -0.1) is 0 Å². The number of rotatable bonds is 6. The van der Waals surface area contributed by atoms with Gasteiger partial charge in [0, 0.05) is 29.4 Å². The molecule has 0 atom stereocenters. The lowest BCUT2D eigenvalue weighted by molar-refractivity contribution is 0.0697. The first-order valence-electron chi connectivity index (χ1n) is 6.45. The second-order valence-corrected chi connectivity index (χ2v) is 7.15. The number of hydrogen-bond acceptors (Lipinski definition) is 3. The van der Waals surface area contributed by atoms with Crippen LogP contribution in [-0.4, -0.2) is 35.6 Å². The van der Waals surface area contributed by atoms with Crippen LogP contribution < -0.4 is 0 Å². The molecule has 1 N–H and O–H groups in total. The van der Waals surface area contributed by atoms with Crippen molar-refractivity contribution in [3.05, 3.63) is 36.0 Å². The number of carbonyl (C=O) groups is 1. The third kappa shape index (κ3) is 3.19. The van der Waals surface area contributed by atoms with Crippen LogP contribution in [0.25, 0.3) is 10.9 Å². The molecule has 0 amide bonds. The van der Waals surface area contributed by atoms with Gasteiger partial charge in [0.05, 0.1) is 11.3 Å². The third-order valence-corrected chi connectivity index (χ3v) is 5.10. The molecule has 0 unspecified atom stereocenters. The van der Waals surface area contributed by atoms with Gasteiger partial charge in [0.1, 0.15) is 9.84 Å². The number of carboxylic acid groups (broad SMARTS) is 1. The van der Waals surface area contributed by atoms with Crippen molar-refractivity contribution in [3.63, 3.8) is 0 Å². The Hall–Kier alpha value is -1.82. The largest absolute Gasteiger partial charge is 0.478 e. The molecule has 0 aliphatic heterocycles. The lowest BCUT2D eigenvalue weighted by Crippen LogP contribution is -2.11. The molecule has 0 radical (unpaired) electrons. The first-order valence-corrected chi connectivity index (χ1v) is 8.27. The minimum Gasteiger partial charge on any atom is -0.478 e. The van der Waals surface area contributed by atoms with E-state index < -0.39 is 15.8 Å². The second-order valence-electron chi connectivity index (χ2n) is 4.68. The van der Waals surface area contributed by atoms with E-state index in [9.17, 15) is 13.2 Å². The van der Waals surface area contributed by atoms with Crippen LogP contribution in [0, 0.1) is 0 Å². The van der Waals surface area contributed by atoms with Gasteiger partial charge in [-0.1, -0.05) is 6.92 Å². The average molecular weight is 295 g/mol. The highest BCUT2D eigenvalue weighted by molar-refractivity contribution is 7.91. The zero-order chi connectivity index (χ0) is 14.8. The van der Waals surface area contributed by atoms with Crippen LogP contribution in [0.15, 0.2) is 30.5 Å². The van der Waals surface area contributed by atoms with Crippen LogP contribution >= 0.6 is 0 Å². The number of carboxylic acids is 1. The second kappa shape index (κ2) is 5.66. The molecular weight excluding hydrogens is 278 g/mol. The molecule has 0 aliphatic rings. The van der Waals surface area contributed by atoms with Crippen molar-refractivity contribution in [2.45, 2.75) is 19.9 Å². The Balaban J connectivity index is 2.14. The molecule has 0 saturated carbocycles. The number of aromatic nitrogens is 1. The zero-order valence-electron chi connectivity index (χ0n) is 11.2. The summed E-state index contributed by atoms with van der Waals surface area (Å²) < 4.78 is 24.8. The van der Waals surface area contributed by atoms with Crippen molar-refractivity contribution < 1.29 is 18.3 Å². The van der Waals surface area contributed by atoms with Crippen molar-refractivity contribution in [3.8, 4) is 0 Å². The number of aryl methyl sites for hydroxylation is 1. The summed E-state index contributed by atoms with van der Waals surface area (Å²) in [6, 6.07) is 6.78. The van der Waals surface area contributed by atoms with Crippen molar-refractivity contribution in [1.82, 2.24) is 4.57 Å². The highest BCUT2D eigenvalue weighted by atomic mass is 32.2. The summed E-state index contributed by atoms with van der Waals surface area (Å²) in [5, 5.41) is 9.79. The van der Waals surface area contributed by atoms with Gasteiger partial charge in [-0.3, -0.25) is 0 Å². The van der Waals surface area contributed by atoms with E-state index in [0.29, 0.717) is 13.0 Å². The fourth-order valence-corrected chi connectivity index (χ4v) is 2.98. The van der Waals surface area contributed by atoms with Gasteiger partial charge in [0.25, 0.3) is 0 Å². The van der Waals surface area contributed by atoms with Crippen LogP contribution in [0.2, 0.25) is 0 Å². The Bertz CT molecular complexity index is 731. The van der Waals surface area contributed by atoms with Crippen LogP contribution in [0.1, 0.15) is 23.7 Å². The van der Waals surface area contributed by atoms with E-state index in [-0.39, 0.29) is 17.1 Å². The molecule has 6 heteroatoms. The van der Waals surface area contributed by atoms with E-state index in [1.165, 1.54) is 0 Å². The minimum absolute atomic E-state index is 0.168. The van der Waals surface area contributed by atoms with E-state index in [1.807, 2.05) is 16.8 Å². The quantitative estimate of drug-likeness (QED) is 0.886. The summed E-state index contributed by atoms with van der Waals surface area (Å²) in [5.41, 5.74) is 1.17. The van der Waals surface area contributed by atoms with Crippen molar-refractivity contribution in [2.75, 3.05) is 11.5 Å². The topological polar surface area (TPSA) is 76.4 Å². The molecule has 0 spiro atoms. The predicted octanol–water partition coefficient (Wildman–Crippen LogP) is 2.16. The van der Waals surface area contributed by atoms with Crippen LogP contribution in [0.5, 0.6) is 0 Å². The summed E-state index contributed by atoms with van der Waals surface area (Å²) in [6.45, 7) is 2.25. The van der Waals surface area contributed by atoms with Gasteiger partial charge in [-0.2, -0.15) is 0 Å². The summed E-state index contributed by atoms with van der Waals surface area (Å²) in [5.74, 6) is -0.605. The van der Waals surface area contributed by atoms with E-state index in [0.717, 1.165) is 10.9 Å². The SMILES string of the molecule is CCS(=O)(=O)CCCn1ccc2cc(C(=O)O)ccc21. The molecule has 0 aliphatic carbocycles. The third-order valence-electron chi connectivity index (χ3n) is 3.31. The van der Waals surface area contributed by atoms with Gasteiger partial charge in [-0.05, 0) is 30.7 Å². The van der Waals surface area contributed by atoms with Gasteiger partial charge in [0.2, 0.25) is 0 Å². The number of fused-ring (bicyclic) bond motifs is 1. The fraction of sp³-hybridized carbons (Fsp3) is 0.357. The summed E-state index contributed by atoms with van der Waals surface area (Å²) >= 11 is 0. The maximum Gasteiger partial charge on any atom is 0.335 e. The minimum atomic E-state index is -2.93. The number of nitrogens with zero attached hydrogens (tertiary/aromatic N) is 1. The number of benzene rings is 1. The normalized spacial score (nSPS) is 11.8. The standard InChI is InChI=1S/C14H17NO4S/c1-2-20(18,19)9-3-7-15-8-6-11-10-12(14(16)17)4-5-13(11)15/h4-6,8,10H,2-3,7,9H2,1H3,(H,16,17). The molecule has 1 aromatic carbocycles. The Morgan fingerprint density at radius 2 is 2.05 bits per heavy atom. The van der Waals surface area contributed by atoms with Crippen molar-refractivity contribution in [1.29, 1.82) is 0 Å². The Morgan fingerprint density at radius 3 is 2.70 bits per heavy atom. The molecule has 2 aromatic rings. The fourth-order valence-electron chi connectivity index (χ4n) is 2.13. The van der Waals surface area contributed by atoms with Crippen molar-refractivity contribution >= 4 is 26.7 Å². The van der Waals surface area contributed by atoms with E-state index in [4.69, 9.17) is 5.11 Å². The Kier molecular flexibility index (Phi) is 4.13. The molecule has 0 saturated heterocycles. The van der Waals surface area contributed by atoms with Gasteiger partial charge >= 0.3 is 5.97 Å². The maximum atomic E-state index is 11.4. The van der Waals surface area contributed by atoms with E-state index >= 15 is 0 Å². The summed E-state index contributed by atoms with van der Waals surface area (Å²) in [7, 11) is -2.93. The highest BCUT2D eigenvalue weighted by Gasteiger charge is 2.09. The molecule has 1 aromatic heterocycles. The summed E-state index contributed by atoms with van der Waals surface area (Å²) in [6.07, 6.45) is 2.41. The Labute approximate surface area is 117 Å². The van der Waals surface area contributed by atoms with Gasteiger partial charge in [-0.25, -0.2) is 13.2 Å². The van der Waals surface area contributed by atoms with Crippen LogP contribution in [-0.2, 0) is 16.4 Å². The molecule has 5 nitrogen and oxygen atoms in total. The van der Waals surface area contributed by atoms with Gasteiger partial charge < -0.3 is 9.67 Å². The predicted molar refractivity (Wildman–Crippen MR) is 77.8 cm³/mol. The number of aromatic carboxylic acids is 1. The number of hydrogen-bond donors (Lipinski definition) is 1. The smallest absolute Gasteiger partial charge is 0.335 e. The average Bonchev–Trinajstić information content (AvgIpc) is 2.81. The first kappa shape index (κ1) is 14.6. The molecule has 1 heterocycles. The zero-order valence-corrected chi connectivity index (χ0v) is 12.1. The maximum absolute atomic E-state index is 11.4. The lowest BCUT2D eigenvalue weighted by atomic mass is 10.1. The molecule has 2 rings (SSSR count).